The third kappa shape index (κ3) is 5.76. The number of benzene rings is 1. The summed E-state index contributed by atoms with van der Waals surface area (Å²) in [5.74, 6) is 1.64. The van der Waals surface area contributed by atoms with Crippen molar-refractivity contribution >= 4 is 29.5 Å². The molecule has 1 fully saturated rings. The van der Waals surface area contributed by atoms with Crippen molar-refractivity contribution in [3.63, 3.8) is 0 Å². The predicted octanol–water partition coefficient (Wildman–Crippen LogP) is 1.45. The van der Waals surface area contributed by atoms with Crippen LogP contribution >= 0.6 is 11.8 Å². The van der Waals surface area contributed by atoms with E-state index in [0.717, 1.165) is 35.5 Å². The Labute approximate surface area is 182 Å². The first-order valence-corrected chi connectivity index (χ1v) is 11.7. The standard InChI is InChI=1S/C22H31N3O4S/c1-16(26)23-9-10-24(19-7-11-30-12-8-19)15-21(27)25-14-18-6-4-3-5-17(18)13-20(25)22(28)29-2/h3-6,19-20H,7-15H2,1-2H3,(H,23,26). The molecule has 1 atom stereocenters. The molecule has 2 aliphatic rings. The van der Waals surface area contributed by atoms with E-state index in [1.165, 1.54) is 14.0 Å². The number of hydrogen-bond donors (Lipinski definition) is 1. The molecular weight excluding hydrogens is 402 g/mol. The molecule has 1 aromatic carbocycles. The molecular formula is C22H31N3O4S. The fourth-order valence-corrected chi connectivity index (χ4v) is 5.29. The summed E-state index contributed by atoms with van der Waals surface area (Å²) in [4.78, 5) is 40.9. The lowest BCUT2D eigenvalue weighted by Gasteiger charge is -2.39. The van der Waals surface area contributed by atoms with E-state index in [4.69, 9.17) is 4.74 Å². The first-order chi connectivity index (χ1) is 14.5. The fourth-order valence-electron chi connectivity index (χ4n) is 4.21. The van der Waals surface area contributed by atoms with Gasteiger partial charge in [-0.25, -0.2) is 4.79 Å². The van der Waals surface area contributed by atoms with Crippen LogP contribution in [-0.4, -0.2) is 77.9 Å². The Morgan fingerprint density at radius 2 is 1.90 bits per heavy atom. The van der Waals surface area contributed by atoms with Crippen LogP contribution in [0, 0.1) is 0 Å². The minimum atomic E-state index is -0.600. The number of methoxy groups -OCH3 is 1. The summed E-state index contributed by atoms with van der Waals surface area (Å²) in [5.41, 5.74) is 2.16. The van der Waals surface area contributed by atoms with Crippen molar-refractivity contribution in [1.29, 1.82) is 0 Å². The molecule has 8 heteroatoms. The number of fused-ring (bicyclic) bond motifs is 1. The number of nitrogens with zero attached hydrogens (tertiary/aromatic N) is 2. The van der Waals surface area contributed by atoms with Gasteiger partial charge in [-0.15, -0.1) is 0 Å². The van der Waals surface area contributed by atoms with E-state index in [-0.39, 0.29) is 24.3 Å². The van der Waals surface area contributed by atoms with Gasteiger partial charge < -0.3 is 15.0 Å². The van der Waals surface area contributed by atoms with Gasteiger partial charge in [0.25, 0.3) is 0 Å². The Kier molecular flexibility index (Phi) is 8.16. The van der Waals surface area contributed by atoms with Crippen molar-refractivity contribution < 1.29 is 19.1 Å². The average Bonchev–Trinajstić information content (AvgIpc) is 2.77. The van der Waals surface area contributed by atoms with E-state index in [0.29, 0.717) is 32.1 Å². The van der Waals surface area contributed by atoms with Gasteiger partial charge in [0.15, 0.2) is 0 Å². The van der Waals surface area contributed by atoms with Crippen LogP contribution in [-0.2, 0) is 32.1 Å². The highest BCUT2D eigenvalue weighted by Gasteiger charge is 2.36. The van der Waals surface area contributed by atoms with Gasteiger partial charge in [-0.2, -0.15) is 11.8 Å². The average molecular weight is 434 g/mol. The van der Waals surface area contributed by atoms with Gasteiger partial charge in [0.05, 0.1) is 13.7 Å². The zero-order valence-corrected chi connectivity index (χ0v) is 18.6. The third-order valence-corrected chi connectivity index (χ3v) is 6.91. The van der Waals surface area contributed by atoms with Crippen LogP contribution in [0.1, 0.15) is 30.9 Å². The maximum Gasteiger partial charge on any atom is 0.328 e. The van der Waals surface area contributed by atoms with Gasteiger partial charge in [-0.3, -0.25) is 14.5 Å². The summed E-state index contributed by atoms with van der Waals surface area (Å²) >= 11 is 1.94. The molecule has 1 N–H and O–H groups in total. The van der Waals surface area contributed by atoms with Crippen molar-refractivity contribution in [2.24, 2.45) is 0 Å². The number of nitrogens with one attached hydrogen (secondary N) is 1. The topological polar surface area (TPSA) is 79.0 Å². The zero-order valence-electron chi connectivity index (χ0n) is 17.8. The number of carbonyl (C=O) groups excluding carboxylic acids is 3. The van der Waals surface area contributed by atoms with E-state index >= 15 is 0 Å². The minimum Gasteiger partial charge on any atom is -0.467 e. The highest BCUT2D eigenvalue weighted by Crippen LogP contribution is 2.26. The Morgan fingerprint density at radius 1 is 1.20 bits per heavy atom. The van der Waals surface area contributed by atoms with Crippen molar-refractivity contribution in [2.75, 3.05) is 38.2 Å². The molecule has 1 aromatic rings. The Bertz CT molecular complexity index is 767. The molecule has 1 saturated heterocycles. The monoisotopic (exact) mass is 433 g/mol. The number of thioether (sulfide) groups is 1. The summed E-state index contributed by atoms with van der Waals surface area (Å²) in [7, 11) is 1.37. The van der Waals surface area contributed by atoms with Crippen LogP contribution in [0.15, 0.2) is 24.3 Å². The Morgan fingerprint density at radius 3 is 2.57 bits per heavy atom. The summed E-state index contributed by atoms with van der Waals surface area (Å²) < 4.78 is 5.00. The number of ether oxygens (including phenoxy) is 1. The van der Waals surface area contributed by atoms with Gasteiger partial charge in [-0.1, -0.05) is 24.3 Å². The molecule has 0 radical (unpaired) electrons. The number of rotatable bonds is 7. The second-order valence-electron chi connectivity index (χ2n) is 7.83. The molecule has 0 aliphatic carbocycles. The summed E-state index contributed by atoms with van der Waals surface area (Å²) in [6.45, 7) is 3.28. The van der Waals surface area contributed by atoms with Crippen molar-refractivity contribution in [1.82, 2.24) is 15.1 Å². The molecule has 3 rings (SSSR count). The molecule has 7 nitrogen and oxygen atoms in total. The van der Waals surface area contributed by atoms with Crippen LogP contribution in [0.4, 0.5) is 0 Å². The molecule has 164 valence electrons. The first-order valence-electron chi connectivity index (χ1n) is 10.5. The lowest BCUT2D eigenvalue weighted by Crippen LogP contribution is -2.54. The van der Waals surface area contributed by atoms with Crippen LogP contribution in [0.5, 0.6) is 0 Å². The lowest BCUT2D eigenvalue weighted by atomic mass is 9.93. The number of amides is 2. The van der Waals surface area contributed by atoms with Gasteiger partial charge in [0.2, 0.25) is 11.8 Å². The first kappa shape index (κ1) is 22.6. The quantitative estimate of drug-likeness (QED) is 0.656. The molecule has 2 aliphatic heterocycles. The van der Waals surface area contributed by atoms with Crippen molar-refractivity contribution in [3.8, 4) is 0 Å². The third-order valence-electron chi connectivity index (χ3n) is 5.86. The van der Waals surface area contributed by atoms with Crippen LogP contribution < -0.4 is 5.32 Å². The maximum absolute atomic E-state index is 13.4. The largest absolute Gasteiger partial charge is 0.467 e. The van der Waals surface area contributed by atoms with E-state index in [2.05, 4.69) is 10.2 Å². The molecule has 1 unspecified atom stereocenters. The second-order valence-corrected chi connectivity index (χ2v) is 9.06. The normalized spacial score (nSPS) is 19.3. The molecule has 30 heavy (non-hydrogen) atoms. The van der Waals surface area contributed by atoms with E-state index in [9.17, 15) is 14.4 Å². The summed E-state index contributed by atoms with van der Waals surface area (Å²) in [6.07, 6.45) is 2.53. The van der Waals surface area contributed by atoms with Gasteiger partial charge in [-0.05, 0) is 35.5 Å². The molecule has 0 spiro atoms. The van der Waals surface area contributed by atoms with Gasteiger partial charge in [0.1, 0.15) is 6.04 Å². The van der Waals surface area contributed by atoms with Crippen LogP contribution in [0.25, 0.3) is 0 Å². The van der Waals surface area contributed by atoms with E-state index in [1.807, 2.05) is 36.0 Å². The number of hydrogen-bond acceptors (Lipinski definition) is 6. The van der Waals surface area contributed by atoms with Gasteiger partial charge in [0, 0.05) is 39.0 Å². The number of carbonyl (C=O) groups is 3. The van der Waals surface area contributed by atoms with E-state index in [1.54, 1.807) is 4.90 Å². The van der Waals surface area contributed by atoms with E-state index < -0.39 is 6.04 Å². The Hall–Kier alpha value is -2.06. The predicted molar refractivity (Wildman–Crippen MR) is 117 cm³/mol. The lowest BCUT2D eigenvalue weighted by molar-refractivity contribution is -0.154. The van der Waals surface area contributed by atoms with Crippen LogP contribution in [0.3, 0.4) is 0 Å². The highest BCUT2D eigenvalue weighted by atomic mass is 32.2. The summed E-state index contributed by atoms with van der Waals surface area (Å²) in [5, 5.41) is 2.83. The van der Waals surface area contributed by atoms with Crippen LogP contribution in [0.2, 0.25) is 0 Å². The molecule has 2 heterocycles. The SMILES string of the molecule is COC(=O)C1Cc2ccccc2CN1C(=O)CN(CCNC(C)=O)C1CCSCC1. The maximum atomic E-state index is 13.4. The molecule has 2 amide bonds. The highest BCUT2D eigenvalue weighted by molar-refractivity contribution is 7.99. The van der Waals surface area contributed by atoms with Crippen molar-refractivity contribution in [2.45, 2.75) is 44.8 Å². The summed E-state index contributed by atoms with van der Waals surface area (Å²) in [6, 6.07) is 7.64. The fraction of sp³-hybridized carbons (Fsp3) is 0.591. The molecule has 0 aromatic heterocycles. The smallest absolute Gasteiger partial charge is 0.328 e. The minimum absolute atomic E-state index is 0.0686. The second kappa shape index (κ2) is 10.8. The molecule has 0 bridgehead atoms. The van der Waals surface area contributed by atoms with Gasteiger partial charge >= 0.3 is 5.97 Å². The number of esters is 1. The van der Waals surface area contributed by atoms with Crippen molar-refractivity contribution in [3.05, 3.63) is 35.4 Å². The Balaban J connectivity index is 1.74. The molecule has 0 saturated carbocycles. The zero-order chi connectivity index (χ0) is 21.5.